The summed E-state index contributed by atoms with van der Waals surface area (Å²) in [6, 6.07) is 15.1. The van der Waals surface area contributed by atoms with Crippen molar-refractivity contribution in [2.75, 3.05) is 18.5 Å². The summed E-state index contributed by atoms with van der Waals surface area (Å²) in [5, 5.41) is 8.53. The quantitative estimate of drug-likeness (QED) is 0.611. The Morgan fingerprint density at radius 1 is 1.07 bits per heavy atom. The zero-order chi connectivity index (χ0) is 19.8. The average molecular weight is 381 g/mol. The molecule has 0 heterocycles. The van der Waals surface area contributed by atoms with Gasteiger partial charge in [0, 0.05) is 18.2 Å². The molecule has 0 aliphatic heterocycles. The zero-order valence-corrected chi connectivity index (χ0v) is 16.2. The van der Waals surface area contributed by atoms with Crippen molar-refractivity contribution in [1.82, 2.24) is 10.6 Å². The second-order valence-electron chi connectivity index (χ2n) is 7.09. The molecule has 0 bridgehead atoms. The fourth-order valence-corrected chi connectivity index (χ4v) is 2.89. The van der Waals surface area contributed by atoms with Crippen LogP contribution in [0, 0.1) is 12.8 Å². The van der Waals surface area contributed by atoms with E-state index in [0.29, 0.717) is 19.7 Å². The molecule has 0 saturated heterocycles. The van der Waals surface area contributed by atoms with Crippen LogP contribution in [0.5, 0.6) is 5.75 Å². The van der Waals surface area contributed by atoms with E-state index in [4.69, 9.17) is 4.74 Å². The Labute approximate surface area is 165 Å². The molecule has 1 aliphatic carbocycles. The molecule has 0 spiro atoms. The Morgan fingerprint density at radius 2 is 1.86 bits per heavy atom. The van der Waals surface area contributed by atoms with Crippen LogP contribution < -0.4 is 20.7 Å². The van der Waals surface area contributed by atoms with Gasteiger partial charge in [-0.05, 0) is 49.6 Å². The van der Waals surface area contributed by atoms with E-state index in [9.17, 15) is 9.59 Å². The number of ether oxygens (including phenoxy) is 1. The fourth-order valence-electron chi connectivity index (χ4n) is 2.89. The molecule has 1 aliphatic rings. The molecule has 0 radical (unpaired) electrons. The highest BCUT2D eigenvalue weighted by atomic mass is 16.5. The van der Waals surface area contributed by atoms with Crippen LogP contribution in [0.1, 0.15) is 30.4 Å². The Hall–Kier alpha value is -3.02. The largest absolute Gasteiger partial charge is 0.492 e. The van der Waals surface area contributed by atoms with E-state index in [-0.39, 0.29) is 17.9 Å². The lowest BCUT2D eigenvalue weighted by Gasteiger charge is -2.24. The molecule has 3 rings (SSSR count). The highest BCUT2D eigenvalue weighted by molar-refractivity contribution is 5.93. The van der Waals surface area contributed by atoms with Crippen molar-refractivity contribution >= 4 is 17.6 Å². The summed E-state index contributed by atoms with van der Waals surface area (Å²) in [5.41, 5.74) is 2.87. The fraction of sp³-hybridized carbons (Fsp3) is 0.364. The SMILES string of the molecule is Cc1ccc(OCCNC(=O)NCc2cccc(NC(=O)C3CCC3)c2)cc1. The Morgan fingerprint density at radius 3 is 2.57 bits per heavy atom. The second-order valence-corrected chi connectivity index (χ2v) is 7.09. The van der Waals surface area contributed by atoms with Gasteiger partial charge in [-0.2, -0.15) is 0 Å². The third kappa shape index (κ3) is 6.01. The molecule has 6 nitrogen and oxygen atoms in total. The number of hydrogen-bond donors (Lipinski definition) is 3. The summed E-state index contributed by atoms with van der Waals surface area (Å²) < 4.78 is 5.58. The molecule has 0 aromatic heterocycles. The number of hydrogen-bond acceptors (Lipinski definition) is 3. The molecule has 148 valence electrons. The smallest absolute Gasteiger partial charge is 0.315 e. The van der Waals surface area contributed by atoms with Crippen LogP contribution in [-0.4, -0.2) is 25.1 Å². The first-order chi connectivity index (χ1) is 13.6. The van der Waals surface area contributed by atoms with E-state index in [1.165, 1.54) is 5.56 Å². The molecule has 1 saturated carbocycles. The number of nitrogens with one attached hydrogen (secondary N) is 3. The van der Waals surface area contributed by atoms with Crippen LogP contribution in [0.3, 0.4) is 0 Å². The minimum atomic E-state index is -0.253. The van der Waals surface area contributed by atoms with Gasteiger partial charge in [-0.25, -0.2) is 4.79 Å². The lowest BCUT2D eigenvalue weighted by atomic mass is 9.85. The molecular weight excluding hydrogens is 354 g/mol. The minimum absolute atomic E-state index is 0.0858. The van der Waals surface area contributed by atoms with E-state index in [1.54, 1.807) is 0 Å². The lowest BCUT2D eigenvalue weighted by Crippen LogP contribution is -2.37. The molecule has 2 aromatic rings. The van der Waals surface area contributed by atoms with Crippen LogP contribution >= 0.6 is 0 Å². The van der Waals surface area contributed by atoms with Gasteiger partial charge in [-0.15, -0.1) is 0 Å². The van der Waals surface area contributed by atoms with Crippen molar-refractivity contribution in [3.05, 3.63) is 59.7 Å². The molecule has 3 amide bonds. The van der Waals surface area contributed by atoms with Gasteiger partial charge in [0.15, 0.2) is 0 Å². The Bertz CT molecular complexity index is 801. The van der Waals surface area contributed by atoms with Gasteiger partial charge in [0.2, 0.25) is 5.91 Å². The first-order valence-electron chi connectivity index (χ1n) is 9.71. The van der Waals surface area contributed by atoms with E-state index < -0.39 is 0 Å². The third-order valence-electron chi connectivity index (χ3n) is 4.80. The lowest BCUT2D eigenvalue weighted by molar-refractivity contribution is -0.122. The van der Waals surface area contributed by atoms with Crippen molar-refractivity contribution in [2.45, 2.75) is 32.7 Å². The predicted molar refractivity (Wildman–Crippen MR) is 109 cm³/mol. The summed E-state index contributed by atoms with van der Waals surface area (Å²) in [6.07, 6.45) is 3.08. The average Bonchev–Trinajstić information content (AvgIpc) is 2.64. The zero-order valence-electron chi connectivity index (χ0n) is 16.2. The maximum Gasteiger partial charge on any atom is 0.315 e. The number of urea groups is 1. The number of carbonyl (C=O) groups is 2. The molecule has 6 heteroatoms. The van der Waals surface area contributed by atoms with Gasteiger partial charge >= 0.3 is 6.03 Å². The van der Waals surface area contributed by atoms with Crippen molar-refractivity contribution < 1.29 is 14.3 Å². The molecule has 28 heavy (non-hydrogen) atoms. The van der Waals surface area contributed by atoms with E-state index in [0.717, 1.165) is 36.3 Å². The van der Waals surface area contributed by atoms with Crippen LogP contribution in [0.4, 0.5) is 10.5 Å². The first kappa shape index (κ1) is 19.7. The molecule has 0 unspecified atom stereocenters. The Kier molecular flexibility index (Phi) is 6.89. The summed E-state index contributed by atoms with van der Waals surface area (Å²) >= 11 is 0. The Balaban J connectivity index is 1.35. The highest BCUT2D eigenvalue weighted by Gasteiger charge is 2.25. The van der Waals surface area contributed by atoms with E-state index >= 15 is 0 Å². The van der Waals surface area contributed by atoms with Crippen molar-refractivity contribution in [3.63, 3.8) is 0 Å². The van der Waals surface area contributed by atoms with E-state index in [2.05, 4.69) is 16.0 Å². The summed E-state index contributed by atoms with van der Waals surface area (Å²) in [5.74, 6) is 1.02. The maximum atomic E-state index is 12.0. The molecule has 3 N–H and O–H groups in total. The maximum absolute atomic E-state index is 12.0. The van der Waals surface area contributed by atoms with Crippen molar-refractivity contribution in [1.29, 1.82) is 0 Å². The standard InChI is InChI=1S/C22H27N3O3/c1-16-8-10-20(11-9-16)28-13-12-23-22(27)24-15-17-4-2-7-19(14-17)25-21(26)18-5-3-6-18/h2,4,7-11,14,18H,3,5-6,12-13,15H2,1H3,(H,25,26)(H2,23,24,27). The number of carbonyl (C=O) groups excluding carboxylic acids is 2. The predicted octanol–water partition coefficient (Wildman–Crippen LogP) is 3.61. The van der Waals surface area contributed by atoms with Gasteiger partial charge in [0.1, 0.15) is 12.4 Å². The number of aryl methyl sites for hydroxylation is 1. The number of benzene rings is 2. The summed E-state index contributed by atoms with van der Waals surface area (Å²) in [6.45, 7) is 3.22. The first-order valence-corrected chi connectivity index (χ1v) is 9.71. The van der Waals surface area contributed by atoms with Crippen molar-refractivity contribution in [2.24, 2.45) is 5.92 Å². The van der Waals surface area contributed by atoms with Crippen LogP contribution in [0.15, 0.2) is 48.5 Å². The van der Waals surface area contributed by atoms with Crippen LogP contribution in [-0.2, 0) is 11.3 Å². The van der Waals surface area contributed by atoms with Gasteiger partial charge in [-0.3, -0.25) is 4.79 Å². The van der Waals surface area contributed by atoms with Crippen LogP contribution in [0.25, 0.3) is 0 Å². The minimum Gasteiger partial charge on any atom is -0.492 e. The number of amides is 3. The third-order valence-corrected chi connectivity index (χ3v) is 4.80. The summed E-state index contributed by atoms with van der Waals surface area (Å²) in [7, 11) is 0. The molecule has 0 atom stereocenters. The van der Waals surface area contributed by atoms with Crippen LogP contribution in [0.2, 0.25) is 0 Å². The molecular formula is C22H27N3O3. The van der Waals surface area contributed by atoms with Crippen molar-refractivity contribution in [3.8, 4) is 5.75 Å². The number of rotatable bonds is 8. The van der Waals surface area contributed by atoms with Gasteiger partial charge < -0.3 is 20.7 Å². The van der Waals surface area contributed by atoms with Gasteiger partial charge in [-0.1, -0.05) is 36.2 Å². The second kappa shape index (κ2) is 9.78. The topological polar surface area (TPSA) is 79.5 Å². The summed E-state index contributed by atoms with van der Waals surface area (Å²) in [4.78, 5) is 24.0. The van der Waals surface area contributed by atoms with E-state index in [1.807, 2.05) is 55.5 Å². The molecule has 2 aromatic carbocycles. The monoisotopic (exact) mass is 381 g/mol. The normalized spacial score (nSPS) is 13.3. The molecule has 1 fully saturated rings. The number of anilines is 1. The van der Waals surface area contributed by atoms with Gasteiger partial charge in [0.05, 0.1) is 6.54 Å². The highest BCUT2D eigenvalue weighted by Crippen LogP contribution is 2.27. The van der Waals surface area contributed by atoms with Gasteiger partial charge in [0.25, 0.3) is 0 Å².